The Morgan fingerprint density at radius 1 is 1.38 bits per heavy atom. The number of aliphatic hydroxyl groups is 1. The average molecular weight is 178 g/mol. The molecule has 2 heteroatoms. The van der Waals surface area contributed by atoms with E-state index < -0.39 is 0 Å². The molecule has 1 N–H and O–H groups in total. The molecule has 0 amide bonds. The number of ether oxygens (including phenoxy) is 1. The Bertz CT molecular complexity index is 258. The summed E-state index contributed by atoms with van der Waals surface area (Å²) in [6, 6.07) is 8.15. The number of benzene rings is 1. The van der Waals surface area contributed by atoms with Gasteiger partial charge in [-0.25, -0.2) is 0 Å². The van der Waals surface area contributed by atoms with Crippen molar-refractivity contribution in [1.82, 2.24) is 0 Å². The molecule has 13 heavy (non-hydrogen) atoms. The first kappa shape index (κ1) is 8.57. The van der Waals surface area contributed by atoms with Crippen LogP contribution in [0.4, 0.5) is 0 Å². The number of para-hydroxylation sites is 1. The molecule has 1 aliphatic heterocycles. The summed E-state index contributed by atoms with van der Waals surface area (Å²) in [6.45, 7) is 0.260. The van der Waals surface area contributed by atoms with E-state index in [0.717, 1.165) is 25.0 Å². The predicted molar refractivity (Wildman–Crippen MR) is 50.9 cm³/mol. The molecule has 70 valence electrons. The van der Waals surface area contributed by atoms with E-state index in [9.17, 15) is 0 Å². The fourth-order valence-corrected chi connectivity index (χ4v) is 1.73. The zero-order valence-electron chi connectivity index (χ0n) is 7.57. The molecule has 0 spiro atoms. The van der Waals surface area contributed by atoms with E-state index in [4.69, 9.17) is 9.84 Å². The van der Waals surface area contributed by atoms with Crippen LogP contribution in [0, 0.1) is 0 Å². The first-order valence-corrected chi connectivity index (χ1v) is 4.75. The number of fused-ring (bicyclic) bond motifs is 1. The third-order valence-corrected chi connectivity index (χ3v) is 2.40. The molecule has 0 bridgehead atoms. The van der Waals surface area contributed by atoms with E-state index in [0.29, 0.717) is 0 Å². The van der Waals surface area contributed by atoms with Crippen molar-refractivity contribution in [3.63, 3.8) is 0 Å². The number of hydrogen-bond donors (Lipinski definition) is 1. The van der Waals surface area contributed by atoms with Gasteiger partial charge in [0.1, 0.15) is 11.9 Å². The minimum absolute atomic E-state index is 0.260. The molecule has 2 nitrogen and oxygen atoms in total. The Hall–Kier alpha value is -1.02. The summed E-state index contributed by atoms with van der Waals surface area (Å²) < 4.78 is 5.70. The van der Waals surface area contributed by atoms with Gasteiger partial charge in [0.05, 0.1) is 0 Å². The van der Waals surface area contributed by atoms with Crippen LogP contribution in [0.25, 0.3) is 0 Å². The highest BCUT2D eigenvalue weighted by atomic mass is 16.5. The summed E-state index contributed by atoms with van der Waals surface area (Å²) in [7, 11) is 0. The second-order valence-electron chi connectivity index (χ2n) is 3.42. The fraction of sp³-hybridized carbons (Fsp3) is 0.455. The Labute approximate surface area is 78.2 Å². The van der Waals surface area contributed by atoms with Crippen molar-refractivity contribution < 1.29 is 9.84 Å². The van der Waals surface area contributed by atoms with E-state index in [1.165, 1.54) is 5.56 Å². The third kappa shape index (κ3) is 1.83. The van der Waals surface area contributed by atoms with Crippen molar-refractivity contribution in [2.24, 2.45) is 0 Å². The number of aliphatic hydroxyl groups excluding tert-OH is 1. The van der Waals surface area contributed by atoms with Gasteiger partial charge in [0.15, 0.2) is 0 Å². The van der Waals surface area contributed by atoms with Crippen LogP contribution in [0.2, 0.25) is 0 Å². The van der Waals surface area contributed by atoms with Crippen molar-refractivity contribution in [2.75, 3.05) is 6.61 Å². The van der Waals surface area contributed by atoms with Crippen molar-refractivity contribution in [3.05, 3.63) is 29.8 Å². The molecular weight excluding hydrogens is 164 g/mol. The average Bonchev–Trinajstić information content (AvgIpc) is 2.57. The maximum absolute atomic E-state index is 8.69. The summed E-state index contributed by atoms with van der Waals surface area (Å²) in [6.07, 6.45) is 3.06. The van der Waals surface area contributed by atoms with Crippen LogP contribution in [0.1, 0.15) is 18.4 Å². The minimum Gasteiger partial charge on any atom is -0.490 e. The van der Waals surface area contributed by atoms with E-state index >= 15 is 0 Å². The topological polar surface area (TPSA) is 29.5 Å². The Morgan fingerprint density at radius 3 is 3.00 bits per heavy atom. The van der Waals surface area contributed by atoms with Gasteiger partial charge in [-0.05, 0) is 24.5 Å². The fourth-order valence-electron chi connectivity index (χ4n) is 1.73. The summed E-state index contributed by atoms with van der Waals surface area (Å²) >= 11 is 0. The molecule has 0 fully saturated rings. The first-order chi connectivity index (χ1) is 6.40. The van der Waals surface area contributed by atoms with Crippen molar-refractivity contribution in [3.8, 4) is 5.75 Å². The highest BCUT2D eigenvalue weighted by molar-refractivity contribution is 5.37. The molecule has 0 saturated carbocycles. The Kier molecular flexibility index (Phi) is 2.50. The van der Waals surface area contributed by atoms with Gasteiger partial charge in [0, 0.05) is 13.0 Å². The Morgan fingerprint density at radius 2 is 2.23 bits per heavy atom. The summed E-state index contributed by atoms with van der Waals surface area (Å²) in [5.41, 5.74) is 1.30. The maximum atomic E-state index is 8.69. The van der Waals surface area contributed by atoms with Crippen LogP contribution < -0.4 is 4.74 Å². The molecular formula is C11H14O2. The minimum atomic E-state index is 0.260. The standard InChI is InChI=1S/C11H14O2/c12-7-3-5-10-8-9-4-1-2-6-11(9)13-10/h1-2,4,6,10,12H,3,5,7-8H2. The molecule has 1 atom stereocenters. The molecule has 1 heterocycles. The lowest BCUT2D eigenvalue weighted by Gasteiger charge is -2.08. The molecule has 0 saturated heterocycles. The van der Waals surface area contributed by atoms with Crippen molar-refractivity contribution in [1.29, 1.82) is 0 Å². The second-order valence-corrected chi connectivity index (χ2v) is 3.42. The van der Waals surface area contributed by atoms with Gasteiger partial charge in [-0.3, -0.25) is 0 Å². The van der Waals surface area contributed by atoms with Gasteiger partial charge in [-0.2, -0.15) is 0 Å². The van der Waals surface area contributed by atoms with Gasteiger partial charge < -0.3 is 9.84 Å². The smallest absolute Gasteiger partial charge is 0.123 e. The summed E-state index contributed by atoms with van der Waals surface area (Å²) in [5, 5.41) is 8.69. The zero-order valence-corrected chi connectivity index (χ0v) is 7.57. The monoisotopic (exact) mass is 178 g/mol. The summed E-state index contributed by atoms with van der Waals surface area (Å²) in [5.74, 6) is 1.02. The molecule has 2 rings (SSSR count). The first-order valence-electron chi connectivity index (χ1n) is 4.75. The lowest BCUT2D eigenvalue weighted by Crippen LogP contribution is -2.12. The SMILES string of the molecule is OCCCC1Cc2ccccc2O1. The highest BCUT2D eigenvalue weighted by Crippen LogP contribution is 2.29. The van der Waals surface area contributed by atoms with Crippen LogP contribution in [-0.4, -0.2) is 17.8 Å². The molecule has 1 aromatic carbocycles. The Balaban J connectivity index is 1.97. The maximum Gasteiger partial charge on any atom is 0.123 e. The molecule has 0 radical (unpaired) electrons. The number of rotatable bonds is 3. The third-order valence-electron chi connectivity index (χ3n) is 2.40. The van der Waals surface area contributed by atoms with Gasteiger partial charge in [-0.15, -0.1) is 0 Å². The second kappa shape index (κ2) is 3.79. The largest absolute Gasteiger partial charge is 0.490 e. The number of hydrogen-bond acceptors (Lipinski definition) is 2. The normalized spacial score (nSPS) is 19.6. The molecule has 1 aromatic rings. The lowest BCUT2D eigenvalue weighted by atomic mass is 10.1. The van der Waals surface area contributed by atoms with E-state index in [-0.39, 0.29) is 12.7 Å². The van der Waals surface area contributed by atoms with Crippen LogP contribution in [-0.2, 0) is 6.42 Å². The predicted octanol–water partition coefficient (Wildman–Crippen LogP) is 1.76. The van der Waals surface area contributed by atoms with E-state index in [1.807, 2.05) is 18.2 Å². The molecule has 0 aromatic heterocycles. The molecule has 0 aliphatic carbocycles. The molecule has 1 unspecified atom stereocenters. The molecule has 1 aliphatic rings. The van der Waals surface area contributed by atoms with Crippen molar-refractivity contribution >= 4 is 0 Å². The van der Waals surface area contributed by atoms with Crippen LogP contribution in [0.3, 0.4) is 0 Å². The van der Waals surface area contributed by atoms with Gasteiger partial charge in [0.2, 0.25) is 0 Å². The van der Waals surface area contributed by atoms with Gasteiger partial charge in [-0.1, -0.05) is 18.2 Å². The lowest BCUT2D eigenvalue weighted by molar-refractivity contribution is 0.196. The van der Waals surface area contributed by atoms with E-state index in [1.54, 1.807) is 0 Å². The quantitative estimate of drug-likeness (QED) is 0.764. The van der Waals surface area contributed by atoms with E-state index in [2.05, 4.69) is 6.07 Å². The summed E-state index contributed by atoms with van der Waals surface area (Å²) in [4.78, 5) is 0. The van der Waals surface area contributed by atoms with Gasteiger partial charge in [0.25, 0.3) is 0 Å². The van der Waals surface area contributed by atoms with Crippen LogP contribution in [0.5, 0.6) is 5.75 Å². The van der Waals surface area contributed by atoms with Gasteiger partial charge >= 0.3 is 0 Å². The van der Waals surface area contributed by atoms with Crippen molar-refractivity contribution in [2.45, 2.75) is 25.4 Å². The highest BCUT2D eigenvalue weighted by Gasteiger charge is 2.21. The zero-order chi connectivity index (χ0) is 9.10. The van der Waals surface area contributed by atoms with Crippen LogP contribution in [0.15, 0.2) is 24.3 Å². The van der Waals surface area contributed by atoms with Crippen LogP contribution >= 0.6 is 0 Å².